The van der Waals surface area contributed by atoms with Crippen LogP contribution in [0.5, 0.6) is 0 Å². The van der Waals surface area contributed by atoms with Crippen molar-refractivity contribution < 1.29 is 4.79 Å². The molecule has 0 radical (unpaired) electrons. The fourth-order valence-electron chi connectivity index (χ4n) is 2.15. The van der Waals surface area contributed by atoms with Crippen molar-refractivity contribution in [3.63, 3.8) is 0 Å². The predicted octanol–water partition coefficient (Wildman–Crippen LogP) is 3.48. The van der Waals surface area contributed by atoms with Crippen LogP contribution in [0.3, 0.4) is 0 Å². The van der Waals surface area contributed by atoms with Crippen LogP contribution in [0.1, 0.15) is 48.8 Å². The van der Waals surface area contributed by atoms with E-state index in [2.05, 4.69) is 35.9 Å². The molecule has 1 heterocycles. The second-order valence-corrected chi connectivity index (χ2v) is 4.62. The fourth-order valence-corrected chi connectivity index (χ4v) is 2.15. The Balaban J connectivity index is 2.19. The number of imidazole rings is 1. The lowest BCUT2D eigenvalue weighted by molar-refractivity contribution is 0.0974. The number of rotatable bonds is 5. The summed E-state index contributed by atoms with van der Waals surface area (Å²) in [5, 5.41) is 0. The third-order valence-corrected chi connectivity index (χ3v) is 3.30. The van der Waals surface area contributed by atoms with Crippen molar-refractivity contribution >= 4 is 5.78 Å². The molecule has 0 aliphatic carbocycles. The van der Waals surface area contributed by atoms with E-state index in [1.165, 1.54) is 0 Å². The third kappa shape index (κ3) is 3.16. The van der Waals surface area contributed by atoms with Crippen LogP contribution in [0, 0.1) is 11.8 Å². The van der Waals surface area contributed by atoms with Gasteiger partial charge in [-0.3, -0.25) is 4.79 Å². The molecule has 0 bridgehead atoms. The van der Waals surface area contributed by atoms with E-state index >= 15 is 0 Å². The van der Waals surface area contributed by atoms with E-state index in [0.717, 1.165) is 5.56 Å². The monoisotopic (exact) mass is 266 g/mol. The Morgan fingerprint density at radius 3 is 2.80 bits per heavy atom. The largest absolute Gasteiger partial charge is 0.321 e. The van der Waals surface area contributed by atoms with Gasteiger partial charge in [0.1, 0.15) is 5.69 Å². The molecule has 0 saturated carbocycles. The standard InChI is InChI=1S/C17H18N2O/c1-3-4-6-11-17(20)16-12-18-13-19(16)14(2)15-9-7-5-8-10-15/h5,7-10,12-14H,6,11H2,1-2H3/t14-/m1/s1. The summed E-state index contributed by atoms with van der Waals surface area (Å²) in [7, 11) is 0. The number of hydrogen-bond acceptors (Lipinski definition) is 2. The van der Waals surface area contributed by atoms with Crippen molar-refractivity contribution in [3.8, 4) is 11.8 Å². The molecule has 0 saturated heterocycles. The minimum Gasteiger partial charge on any atom is -0.321 e. The van der Waals surface area contributed by atoms with Crippen molar-refractivity contribution in [1.29, 1.82) is 0 Å². The zero-order chi connectivity index (χ0) is 14.4. The number of Topliss-reactive ketones (excluding diaryl/α,β-unsaturated/α-hetero) is 1. The van der Waals surface area contributed by atoms with Gasteiger partial charge in [0.05, 0.1) is 18.6 Å². The lowest BCUT2D eigenvalue weighted by Crippen LogP contribution is -2.13. The summed E-state index contributed by atoms with van der Waals surface area (Å²) in [6.45, 7) is 3.85. The van der Waals surface area contributed by atoms with Gasteiger partial charge in [0, 0.05) is 12.8 Å². The Morgan fingerprint density at radius 2 is 2.10 bits per heavy atom. The van der Waals surface area contributed by atoms with Gasteiger partial charge in [0.25, 0.3) is 0 Å². The minimum absolute atomic E-state index is 0.0908. The van der Waals surface area contributed by atoms with E-state index in [4.69, 9.17) is 0 Å². The molecule has 1 atom stereocenters. The minimum atomic E-state index is 0.0908. The first-order valence-corrected chi connectivity index (χ1v) is 6.73. The van der Waals surface area contributed by atoms with Gasteiger partial charge in [-0.15, -0.1) is 11.8 Å². The molecule has 102 valence electrons. The van der Waals surface area contributed by atoms with Crippen LogP contribution >= 0.6 is 0 Å². The molecule has 0 fully saturated rings. The number of nitrogens with zero attached hydrogens (tertiary/aromatic N) is 2. The highest BCUT2D eigenvalue weighted by Crippen LogP contribution is 2.20. The summed E-state index contributed by atoms with van der Waals surface area (Å²) in [4.78, 5) is 16.3. The molecule has 20 heavy (non-hydrogen) atoms. The molecule has 0 N–H and O–H groups in total. The normalized spacial score (nSPS) is 11.5. The molecular weight excluding hydrogens is 248 g/mol. The van der Waals surface area contributed by atoms with Crippen molar-refractivity contribution in [2.24, 2.45) is 0 Å². The molecule has 0 aliphatic rings. The van der Waals surface area contributed by atoms with E-state index < -0.39 is 0 Å². The van der Waals surface area contributed by atoms with Crippen molar-refractivity contribution in [1.82, 2.24) is 9.55 Å². The first-order valence-electron chi connectivity index (χ1n) is 6.73. The summed E-state index contributed by atoms with van der Waals surface area (Å²) in [6.07, 6.45) is 4.39. The SMILES string of the molecule is CC#CCCC(=O)c1cncn1[C@H](C)c1ccccc1. The summed E-state index contributed by atoms with van der Waals surface area (Å²) < 4.78 is 1.93. The number of benzene rings is 1. The molecule has 0 unspecified atom stereocenters. The van der Waals surface area contributed by atoms with Crippen molar-refractivity contribution in [2.45, 2.75) is 32.7 Å². The highest BCUT2D eigenvalue weighted by molar-refractivity contribution is 5.94. The lowest BCUT2D eigenvalue weighted by atomic mass is 10.1. The Labute approximate surface area is 119 Å². The van der Waals surface area contributed by atoms with Crippen LogP contribution in [-0.2, 0) is 0 Å². The molecule has 2 aromatic rings. The van der Waals surface area contributed by atoms with Crippen LogP contribution in [0.25, 0.3) is 0 Å². The molecule has 3 heteroatoms. The Morgan fingerprint density at radius 1 is 1.35 bits per heavy atom. The Bertz CT molecular complexity index is 632. The maximum absolute atomic E-state index is 12.2. The summed E-state index contributed by atoms with van der Waals surface area (Å²) >= 11 is 0. The fraction of sp³-hybridized carbons (Fsp3) is 0.294. The first kappa shape index (κ1) is 14.1. The highest BCUT2D eigenvalue weighted by atomic mass is 16.1. The molecule has 1 aromatic heterocycles. The third-order valence-electron chi connectivity index (χ3n) is 3.30. The molecule has 3 nitrogen and oxygen atoms in total. The molecule has 0 aliphatic heterocycles. The van der Waals surface area contributed by atoms with E-state index in [1.54, 1.807) is 19.4 Å². The average Bonchev–Trinajstić information content (AvgIpc) is 2.97. The molecule has 0 amide bonds. The average molecular weight is 266 g/mol. The summed E-state index contributed by atoms with van der Waals surface area (Å²) in [5.41, 5.74) is 1.81. The maximum atomic E-state index is 12.2. The van der Waals surface area contributed by atoms with Gasteiger partial charge in [-0.1, -0.05) is 30.3 Å². The van der Waals surface area contributed by atoms with Gasteiger partial charge in [-0.25, -0.2) is 4.98 Å². The molecule has 2 rings (SSSR count). The number of aromatic nitrogens is 2. The van der Waals surface area contributed by atoms with Crippen LogP contribution in [0.2, 0.25) is 0 Å². The first-order chi connectivity index (χ1) is 9.74. The van der Waals surface area contributed by atoms with Crippen LogP contribution in [0.4, 0.5) is 0 Å². The topological polar surface area (TPSA) is 34.9 Å². The zero-order valence-electron chi connectivity index (χ0n) is 11.8. The molecule has 1 aromatic carbocycles. The van der Waals surface area contributed by atoms with Gasteiger partial charge < -0.3 is 4.57 Å². The van der Waals surface area contributed by atoms with Crippen LogP contribution in [0.15, 0.2) is 42.9 Å². The van der Waals surface area contributed by atoms with E-state index in [0.29, 0.717) is 18.5 Å². The van der Waals surface area contributed by atoms with Crippen molar-refractivity contribution in [2.75, 3.05) is 0 Å². The number of hydrogen-bond donors (Lipinski definition) is 0. The summed E-state index contributed by atoms with van der Waals surface area (Å²) in [6, 6.07) is 10.2. The second-order valence-electron chi connectivity index (χ2n) is 4.62. The van der Waals surface area contributed by atoms with E-state index in [-0.39, 0.29) is 11.8 Å². The number of carbonyl (C=O) groups excluding carboxylic acids is 1. The van der Waals surface area contributed by atoms with E-state index in [1.807, 2.05) is 22.8 Å². The van der Waals surface area contributed by atoms with Gasteiger partial charge >= 0.3 is 0 Å². The van der Waals surface area contributed by atoms with Crippen molar-refractivity contribution in [3.05, 3.63) is 54.1 Å². The van der Waals surface area contributed by atoms with E-state index in [9.17, 15) is 4.79 Å². The highest BCUT2D eigenvalue weighted by Gasteiger charge is 2.16. The Kier molecular flexibility index (Phi) is 4.73. The molecular formula is C17H18N2O. The smallest absolute Gasteiger partial charge is 0.181 e. The van der Waals surface area contributed by atoms with Gasteiger partial charge in [-0.2, -0.15) is 0 Å². The lowest BCUT2D eigenvalue weighted by Gasteiger charge is -2.16. The van der Waals surface area contributed by atoms with Gasteiger partial charge in [-0.05, 0) is 19.4 Å². The Hall–Kier alpha value is -2.34. The van der Waals surface area contributed by atoms with Crippen LogP contribution < -0.4 is 0 Å². The zero-order valence-corrected chi connectivity index (χ0v) is 11.8. The van der Waals surface area contributed by atoms with Gasteiger partial charge in [0.15, 0.2) is 5.78 Å². The molecule has 0 spiro atoms. The second kappa shape index (κ2) is 6.72. The quantitative estimate of drug-likeness (QED) is 0.613. The summed E-state index contributed by atoms with van der Waals surface area (Å²) in [5.74, 6) is 5.82. The van der Waals surface area contributed by atoms with Crippen LogP contribution in [-0.4, -0.2) is 15.3 Å². The predicted molar refractivity (Wildman–Crippen MR) is 79.5 cm³/mol. The number of carbonyl (C=O) groups is 1. The number of ketones is 1. The van der Waals surface area contributed by atoms with Gasteiger partial charge in [0.2, 0.25) is 0 Å². The maximum Gasteiger partial charge on any atom is 0.181 e.